The van der Waals surface area contributed by atoms with Gasteiger partial charge < -0.3 is 4.90 Å². The van der Waals surface area contributed by atoms with E-state index in [1.165, 1.54) is 23.1 Å². The van der Waals surface area contributed by atoms with Gasteiger partial charge in [0.25, 0.3) is 0 Å². The lowest BCUT2D eigenvalue weighted by molar-refractivity contribution is -0.133. The van der Waals surface area contributed by atoms with Crippen LogP contribution in [0.4, 0.5) is 0 Å². The van der Waals surface area contributed by atoms with E-state index in [2.05, 4.69) is 60.4 Å². The largest absolute Gasteiger partial charge is 0.340 e. The minimum Gasteiger partial charge on any atom is -0.340 e. The van der Waals surface area contributed by atoms with Gasteiger partial charge in [-0.15, -0.1) is 0 Å². The number of carbonyl (C=O) groups is 1. The smallest absolute Gasteiger partial charge is 0.222 e. The number of piperazine rings is 1. The topological polar surface area (TPSA) is 23.6 Å². The summed E-state index contributed by atoms with van der Waals surface area (Å²) in [6.45, 7) is 6.82. The molecular weight excluding hydrogens is 320 g/mol. The van der Waals surface area contributed by atoms with Gasteiger partial charge in [0.05, 0.1) is 0 Å². The van der Waals surface area contributed by atoms with Gasteiger partial charge in [0.15, 0.2) is 0 Å². The molecular formula is C23H30N2O. The molecule has 26 heavy (non-hydrogen) atoms. The van der Waals surface area contributed by atoms with Crippen molar-refractivity contribution >= 4 is 5.91 Å². The number of rotatable bonds is 7. The summed E-state index contributed by atoms with van der Waals surface area (Å²) >= 11 is 0. The van der Waals surface area contributed by atoms with E-state index in [4.69, 9.17) is 0 Å². The van der Waals surface area contributed by atoms with Gasteiger partial charge in [0.1, 0.15) is 0 Å². The SMILES string of the molecule is CCCCCC(=O)N1CCN(Cc2ccc(-c3ccccc3)cc2)CC1. The number of unbranched alkanes of at least 4 members (excludes halogenated alkanes) is 2. The van der Waals surface area contributed by atoms with Crippen molar-refractivity contribution in [1.29, 1.82) is 0 Å². The zero-order valence-corrected chi connectivity index (χ0v) is 15.9. The molecule has 1 fully saturated rings. The molecule has 138 valence electrons. The highest BCUT2D eigenvalue weighted by Gasteiger charge is 2.20. The summed E-state index contributed by atoms with van der Waals surface area (Å²) in [4.78, 5) is 16.7. The Kier molecular flexibility index (Phi) is 6.84. The highest BCUT2D eigenvalue weighted by atomic mass is 16.2. The van der Waals surface area contributed by atoms with Crippen molar-refractivity contribution in [2.75, 3.05) is 26.2 Å². The molecule has 1 aliphatic heterocycles. The second-order valence-corrected chi connectivity index (χ2v) is 7.18. The van der Waals surface area contributed by atoms with Crippen molar-refractivity contribution < 1.29 is 4.79 Å². The van der Waals surface area contributed by atoms with Crippen LogP contribution < -0.4 is 0 Å². The highest BCUT2D eigenvalue weighted by molar-refractivity contribution is 5.76. The summed E-state index contributed by atoms with van der Waals surface area (Å²) < 4.78 is 0. The van der Waals surface area contributed by atoms with E-state index < -0.39 is 0 Å². The molecule has 2 aromatic rings. The molecule has 0 N–H and O–H groups in total. The average molecular weight is 351 g/mol. The van der Waals surface area contributed by atoms with Gasteiger partial charge in [-0.2, -0.15) is 0 Å². The highest BCUT2D eigenvalue weighted by Crippen LogP contribution is 2.20. The number of hydrogen-bond donors (Lipinski definition) is 0. The summed E-state index contributed by atoms with van der Waals surface area (Å²) in [6, 6.07) is 19.4. The van der Waals surface area contributed by atoms with Crippen LogP contribution in [0.1, 0.15) is 38.2 Å². The number of carbonyl (C=O) groups excluding carboxylic acids is 1. The Bertz CT molecular complexity index is 673. The van der Waals surface area contributed by atoms with Gasteiger partial charge in [-0.1, -0.05) is 74.4 Å². The fraction of sp³-hybridized carbons (Fsp3) is 0.435. The molecule has 0 saturated carbocycles. The number of hydrogen-bond acceptors (Lipinski definition) is 2. The van der Waals surface area contributed by atoms with Gasteiger partial charge in [0, 0.05) is 39.1 Å². The van der Waals surface area contributed by atoms with Crippen LogP contribution in [0.5, 0.6) is 0 Å². The van der Waals surface area contributed by atoms with Crippen molar-refractivity contribution in [2.24, 2.45) is 0 Å². The molecule has 1 saturated heterocycles. The first kappa shape index (κ1) is 18.7. The normalized spacial score (nSPS) is 15.2. The first-order valence-electron chi connectivity index (χ1n) is 9.91. The van der Waals surface area contributed by atoms with Crippen molar-refractivity contribution in [3.8, 4) is 11.1 Å². The third-order valence-electron chi connectivity index (χ3n) is 5.19. The Morgan fingerprint density at radius 3 is 2.15 bits per heavy atom. The lowest BCUT2D eigenvalue weighted by Gasteiger charge is -2.35. The van der Waals surface area contributed by atoms with Gasteiger partial charge >= 0.3 is 0 Å². The Morgan fingerprint density at radius 1 is 0.846 bits per heavy atom. The Morgan fingerprint density at radius 2 is 1.50 bits per heavy atom. The van der Waals surface area contributed by atoms with Crippen molar-refractivity contribution in [3.05, 3.63) is 60.2 Å². The lowest BCUT2D eigenvalue weighted by atomic mass is 10.0. The first-order chi connectivity index (χ1) is 12.8. The van der Waals surface area contributed by atoms with Crippen LogP contribution in [0.15, 0.2) is 54.6 Å². The van der Waals surface area contributed by atoms with Crippen LogP contribution in [0.25, 0.3) is 11.1 Å². The molecule has 0 unspecified atom stereocenters. The maximum atomic E-state index is 12.2. The minimum atomic E-state index is 0.338. The summed E-state index contributed by atoms with van der Waals surface area (Å²) in [5.74, 6) is 0.338. The monoisotopic (exact) mass is 350 g/mol. The first-order valence-corrected chi connectivity index (χ1v) is 9.91. The van der Waals surface area contributed by atoms with Gasteiger partial charge in [-0.05, 0) is 23.1 Å². The molecule has 3 rings (SSSR count). The third-order valence-corrected chi connectivity index (χ3v) is 5.19. The predicted octanol–water partition coefficient (Wildman–Crippen LogP) is 4.58. The number of amides is 1. The van der Waals surface area contributed by atoms with E-state index in [9.17, 15) is 4.79 Å². The molecule has 0 spiro atoms. The van der Waals surface area contributed by atoms with Gasteiger partial charge in [-0.3, -0.25) is 9.69 Å². The summed E-state index contributed by atoms with van der Waals surface area (Å²) in [6.07, 6.45) is 4.08. The fourth-order valence-corrected chi connectivity index (χ4v) is 3.53. The van der Waals surface area contributed by atoms with Crippen molar-refractivity contribution in [2.45, 2.75) is 39.2 Å². The summed E-state index contributed by atoms with van der Waals surface area (Å²) in [5.41, 5.74) is 3.86. The zero-order valence-electron chi connectivity index (χ0n) is 15.9. The van der Waals surface area contributed by atoms with E-state index in [0.29, 0.717) is 5.91 Å². The van der Waals surface area contributed by atoms with E-state index in [1.54, 1.807) is 0 Å². The maximum Gasteiger partial charge on any atom is 0.222 e. The van der Waals surface area contributed by atoms with Crippen LogP contribution in [0.3, 0.4) is 0 Å². The molecule has 0 bridgehead atoms. The second-order valence-electron chi connectivity index (χ2n) is 7.18. The quantitative estimate of drug-likeness (QED) is 0.683. The molecule has 1 aliphatic rings. The molecule has 0 aromatic heterocycles. The van der Waals surface area contributed by atoms with Crippen LogP contribution >= 0.6 is 0 Å². The van der Waals surface area contributed by atoms with Crippen LogP contribution in [-0.2, 0) is 11.3 Å². The Hall–Kier alpha value is -2.13. The summed E-state index contributed by atoms with van der Waals surface area (Å²) in [7, 11) is 0. The van der Waals surface area contributed by atoms with Gasteiger partial charge in [-0.25, -0.2) is 0 Å². The van der Waals surface area contributed by atoms with Crippen LogP contribution in [0, 0.1) is 0 Å². The molecule has 1 amide bonds. The van der Waals surface area contributed by atoms with Crippen molar-refractivity contribution in [3.63, 3.8) is 0 Å². The molecule has 1 heterocycles. The second kappa shape index (κ2) is 9.54. The Balaban J connectivity index is 1.46. The number of benzene rings is 2. The van der Waals surface area contributed by atoms with Crippen LogP contribution in [0.2, 0.25) is 0 Å². The molecule has 3 nitrogen and oxygen atoms in total. The molecule has 0 radical (unpaired) electrons. The fourth-order valence-electron chi connectivity index (χ4n) is 3.53. The van der Waals surface area contributed by atoms with E-state index >= 15 is 0 Å². The Labute approximate surface area is 157 Å². The third kappa shape index (κ3) is 5.18. The minimum absolute atomic E-state index is 0.338. The van der Waals surface area contributed by atoms with E-state index in [-0.39, 0.29) is 0 Å². The predicted molar refractivity (Wildman–Crippen MR) is 108 cm³/mol. The van der Waals surface area contributed by atoms with E-state index in [0.717, 1.165) is 52.0 Å². The zero-order chi connectivity index (χ0) is 18.2. The summed E-state index contributed by atoms with van der Waals surface area (Å²) in [5, 5.41) is 0. The van der Waals surface area contributed by atoms with E-state index in [1.807, 2.05) is 11.0 Å². The molecule has 3 heteroatoms. The molecule has 2 aromatic carbocycles. The lowest BCUT2D eigenvalue weighted by Crippen LogP contribution is -2.48. The maximum absolute atomic E-state index is 12.2. The van der Waals surface area contributed by atoms with Gasteiger partial charge in [0.2, 0.25) is 5.91 Å². The molecule has 0 aliphatic carbocycles. The average Bonchev–Trinajstić information content (AvgIpc) is 2.70. The van der Waals surface area contributed by atoms with Crippen molar-refractivity contribution in [1.82, 2.24) is 9.80 Å². The standard InChI is InChI=1S/C23H30N2O/c1-2-3-5-10-23(26)25-17-15-24(16-18-25)19-20-11-13-22(14-12-20)21-8-6-4-7-9-21/h4,6-9,11-14H,2-3,5,10,15-19H2,1H3. The molecule has 0 atom stereocenters. The number of nitrogens with zero attached hydrogens (tertiary/aromatic N) is 2. The van der Waals surface area contributed by atoms with Crippen LogP contribution in [-0.4, -0.2) is 41.9 Å².